The van der Waals surface area contributed by atoms with Gasteiger partial charge in [0.2, 0.25) is 5.91 Å². The van der Waals surface area contributed by atoms with Crippen LogP contribution in [0.4, 0.5) is 0 Å². The summed E-state index contributed by atoms with van der Waals surface area (Å²) in [7, 11) is 3.17. The lowest BCUT2D eigenvalue weighted by atomic mass is 9.70. The van der Waals surface area contributed by atoms with Crippen molar-refractivity contribution in [3.63, 3.8) is 0 Å². The fourth-order valence-corrected chi connectivity index (χ4v) is 4.26. The van der Waals surface area contributed by atoms with Gasteiger partial charge in [0.05, 0.1) is 18.7 Å². The highest BCUT2D eigenvalue weighted by molar-refractivity contribution is 9.10. The molecule has 134 valence electrons. The van der Waals surface area contributed by atoms with Gasteiger partial charge in [0.1, 0.15) is 11.5 Å². The predicted octanol–water partition coefficient (Wildman–Crippen LogP) is 3.71. The van der Waals surface area contributed by atoms with Crippen LogP contribution in [0.3, 0.4) is 0 Å². The van der Waals surface area contributed by atoms with Crippen LogP contribution in [0.25, 0.3) is 0 Å². The van der Waals surface area contributed by atoms with Crippen LogP contribution in [0, 0.1) is 5.41 Å². The molecule has 0 radical (unpaired) electrons. The molecule has 0 bridgehead atoms. The molecule has 0 saturated heterocycles. The van der Waals surface area contributed by atoms with E-state index in [9.17, 15) is 9.59 Å². The second-order valence-corrected chi connectivity index (χ2v) is 8.22. The molecule has 1 N–H and O–H groups in total. The number of nitrogens with one attached hydrogen (secondary N) is 1. The number of hydrogen-bond acceptors (Lipinski definition) is 4. The van der Waals surface area contributed by atoms with E-state index in [0.717, 1.165) is 15.7 Å². The van der Waals surface area contributed by atoms with E-state index in [1.807, 2.05) is 26.0 Å². The highest BCUT2D eigenvalue weighted by Gasteiger charge is 2.41. The maximum Gasteiger partial charge on any atom is 0.225 e. The number of methoxy groups -OCH3 is 2. The lowest BCUT2D eigenvalue weighted by Crippen LogP contribution is -2.40. The van der Waals surface area contributed by atoms with E-state index >= 15 is 0 Å². The summed E-state index contributed by atoms with van der Waals surface area (Å²) in [5.41, 5.74) is 2.12. The Morgan fingerprint density at radius 3 is 2.44 bits per heavy atom. The molecule has 3 rings (SSSR count). The van der Waals surface area contributed by atoms with E-state index in [1.54, 1.807) is 14.2 Å². The summed E-state index contributed by atoms with van der Waals surface area (Å²) in [6, 6.07) is 3.67. The Balaban J connectivity index is 2.16. The number of hydrogen-bond donors (Lipinski definition) is 1. The van der Waals surface area contributed by atoms with Gasteiger partial charge in [-0.25, -0.2) is 0 Å². The molecule has 6 heteroatoms. The molecule has 25 heavy (non-hydrogen) atoms. The summed E-state index contributed by atoms with van der Waals surface area (Å²) < 4.78 is 11.7. The largest absolute Gasteiger partial charge is 0.496 e. The summed E-state index contributed by atoms with van der Waals surface area (Å²) in [5.74, 6) is 0.993. The van der Waals surface area contributed by atoms with Crippen molar-refractivity contribution in [2.75, 3.05) is 14.2 Å². The van der Waals surface area contributed by atoms with Crippen molar-refractivity contribution in [3.05, 3.63) is 33.4 Å². The third kappa shape index (κ3) is 3.32. The van der Waals surface area contributed by atoms with Gasteiger partial charge in [-0.15, -0.1) is 0 Å². The quantitative estimate of drug-likeness (QED) is 0.828. The van der Waals surface area contributed by atoms with Gasteiger partial charge >= 0.3 is 0 Å². The Kier molecular flexibility index (Phi) is 4.66. The zero-order chi connectivity index (χ0) is 18.4. The molecule has 2 aliphatic rings. The minimum Gasteiger partial charge on any atom is -0.496 e. The van der Waals surface area contributed by atoms with Gasteiger partial charge in [-0.2, -0.15) is 0 Å². The Labute approximate surface area is 155 Å². The molecule has 1 aliphatic carbocycles. The number of carbonyl (C=O) groups is 2. The number of allylic oxidation sites excluding steroid dienone is 2. The Morgan fingerprint density at radius 1 is 1.12 bits per heavy atom. The zero-order valence-electron chi connectivity index (χ0n) is 14.9. The molecule has 1 amide bonds. The van der Waals surface area contributed by atoms with Crippen molar-refractivity contribution in [2.45, 2.75) is 39.0 Å². The first-order chi connectivity index (χ1) is 11.8. The Morgan fingerprint density at radius 2 is 1.80 bits per heavy atom. The third-order valence-electron chi connectivity index (χ3n) is 4.83. The number of halogens is 1. The number of ketones is 1. The molecule has 0 aromatic heterocycles. The second-order valence-electron chi connectivity index (χ2n) is 7.37. The van der Waals surface area contributed by atoms with Crippen LogP contribution < -0.4 is 14.8 Å². The maximum atomic E-state index is 12.9. The maximum absolute atomic E-state index is 12.9. The number of Topliss-reactive ketones (excluding diaryl/α,β-unsaturated/α-hetero) is 1. The first-order valence-electron chi connectivity index (χ1n) is 8.23. The summed E-state index contributed by atoms with van der Waals surface area (Å²) in [4.78, 5) is 25.2. The molecular formula is C19H22BrNO4. The van der Waals surface area contributed by atoms with E-state index < -0.39 is 0 Å². The van der Waals surface area contributed by atoms with Crippen LogP contribution in [-0.2, 0) is 9.59 Å². The SMILES string of the molecule is COc1cc(C2CC(=O)NC3=C2C(=O)CC(C)(C)C3)c(OC)cc1Br. The Hall–Kier alpha value is -1.82. The molecule has 0 saturated carbocycles. The first kappa shape index (κ1) is 18.0. The van der Waals surface area contributed by atoms with Crippen molar-refractivity contribution < 1.29 is 19.1 Å². The van der Waals surface area contributed by atoms with E-state index in [2.05, 4.69) is 21.2 Å². The molecule has 0 fully saturated rings. The van der Waals surface area contributed by atoms with Crippen LogP contribution in [0.1, 0.15) is 44.6 Å². The van der Waals surface area contributed by atoms with Gasteiger partial charge in [0.25, 0.3) is 0 Å². The van der Waals surface area contributed by atoms with Crippen molar-refractivity contribution in [1.82, 2.24) is 5.32 Å². The highest BCUT2D eigenvalue weighted by Crippen LogP contribution is 2.47. The summed E-state index contributed by atoms with van der Waals surface area (Å²) in [5, 5.41) is 2.92. The van der Waals surface area contributed by atoms with Gasteiger partial charge in [-0.05, 0) is 39.9 Å². The zero-order valence-corrected chi connectivity index (χ0v) is 16.5. The van der Waals surface area contributed by atoms with E-state index in [1.165, 1.54) is 0 Å². The molecule has 1 aromatic carbocycles. The Bertz CT molecular complexity index is 782. The van der Waals surface area contributed by atoms with Crippen LogP contribution >= 0.6 is 15.9 Å². The summed E-state index contributed by atoms with van der Waals surface area (Å²) >= 11 is 3.45. The number of carbonyl (C=O) groups excluding carboxylic acids is 2. The van der Waals surface area contributed by atoms with Gasteiger partial charge in [-0.3, -0.25) is 9.59 Å². The monoisotopic (exact) mass is 407 g/mol. The predicted molar refractivity (Wildman–Crippen MR) is 97.8 cm³/mol. The molecule has 1 unspecified atom stereocenters. The van der Waals surface area contributed by atoms with Crippen molar-refractivity contribution >= 4 is 27.6 Å². The average Bonchev–Trinajstić information content (AvgIpc) is 2.51. The molecule has 5 nitrogen and oxygen atoms in total. The fourth-order valence-electron chi connectivity index (χ4n) is 3.78. The smallest absolute Gasteiger partial charge is 0.225 e. The molecular weight excluding hydrogens is 386 g/mol. The number of benzene rings is 1. The first-order valence-corrected chi connectivity index (χ1v) is 9.02. The normalized spacial score (nSPS) is 22.4. The molecule has 1 aliphatic heterocycles. The topological polar surface area (TPSA) is 64.6 Å². The number of amides is 1. The van der Waals surface area contributed by atoms with E-state index in [4.69, 9.17) is 9.47 Å². The fraction of sp³-hybridized carbons (Fsp3) is 0.474. The van der Waals surface area contributed by atoms with Crippen LogP contribution in [0.15, 0.2) is 27.9 Å². The molecule has 0 spiro atoms. The van der Waals surface area contributed by atoms with Crippen LogP contribution in [0.2, 0.25) is 0 Å². The van der Waals surface area contributed by atoms with E-state index in [-0.39, 0.29) is 29.4 Å². The molecule has 1 atom stereocenters. The van der Waals surface area contributed by atoms with Crippen molar-refractivity contribution in [2.24, 2.45) is 5.41 Å². The summed E-state index contributed by atoms with van der Waals surface area (Å²) in [6.45, 7) is 4.10. The van der Waals surface area contributed by atoms with Gasteiger partial charge < -0.3 is 14.8 Å². The van der Waals surface area contributed by atoms with Gasteiger partial charge in [0, 0.05) is 35.6 Å². The lowest BCUT2D eigenvalue weighted by molar-refractivity contribution is -0.122. The molecule has 1 aromatic rings. The standard InChI is InChI=1S/C19H22BrNO4/c1-19(2)8-13-18(14(22)9-19)11(6-17(23)21-13)10-5-16(25-4)12(20)7-15(10)24-3/h5,7,11H,6,8-9H2,1-4H3,(H,21,23). The third-order valence-corrected chi connectivity index (χ3v) is 5.45. The average molecular weight is 408 g/mol. The van der Waals surface area contributed by atoms with Gasteiger partial charge in [-0.1, -0.05) is 13.8 Å². The van der Waals surface area contributed by atoms with Crippen molar-refractivity contribution in [3.8, 4) is 11.5 Å². The molecule has 1 heterocycles. The minimum absolute atomic E-state index is 0.0711. The van der Waals surface area contributed by atoms with E-state index in [0.29, 0.717) is 29.9 Å². The summed E-state index contributed by atoms with van der Waals surface area (Å²) in [6.07, 6.45) is 1.40. The minimum atomic E-state index is -0.315. The number of rotatable bonds is 3. The number of ether oxygens (including phenoxy) is 2. The van der Waals surface area contributed by atoms with Gasteiger partial charge in [0.15, 0.2) is 5.78 Å². The lowest BCUT2D eigenvalue weighted by Gasteiger charge is -2.38. The highest BCUT2D eigenvalue weighted by atomic mass is 79.9. The second kappa shape index (κ2) is 6.48. The van der Waals surface area contributed by atoms with Crippen LogP contribution in [0.5, 0.6) is 11.5 Å². The van der Waals surface area contributed by atoms with Crippen LogP contribution in [-0.4, -0.2) is 25.9 Å². The van der Waals surface area contributed by atoms with Crippen molar-refractivity contribution in [1.29, 1.82) is 0 Å².